The van der Waals surface area contributed by atoms with Crippen LogP contribution in [-0.2, 0) is 9.59 Å². The Morgan fingerprint density at radius 1 is 1.15 bits per heavy atom. The fourth-order valence-electron chi connectivity index (χ4n) is 3.41. The van der Waals surface area contributed by atoms with Crippen LogP contribution in [0, 0.1) is 0 Å². The topological polar surface area (TPSA) is 107 Å². The summed E-state index contributed by atoms with van der Waals surface area (Å²) in [5.41, 5.74) is 0.439. The quantitative estimate of drug-likeness (QED) is 0.774. The van der Waals surface area contributed by atoms with E-state index in [2.05, 4.69) is 20.6 Å². The number of para-hydroxylation sites is 1. The van der Waals surface area contributed by atoms with Crippen molar-refractivity contribution in [3.8, 4) is 0 Å². The van der Waals surface area contributed by atoms with E-state index in [0.29, 0.717) is 11.6 Å². The molecule has 4 rings (SSSR count). The summed E-state index contributed by atoms with van der Waals surface area (Å²) < 4.78 is 0. The fourth-order valence-corrected chi connectivity index (χ4v) is 3.41. The zero-order valence-electron chi connectivity index (χ0n) is 14.1. The van der Waals surface area contributed by atoms with Gasteiger partial charge in [0.05, 0.1) is 11.5 Å². The van der Waals surface area contributed by atoms with Crippen LogP contribution < -0.4 is 21.1 Å². The predicted octanol–water partition coefficient (Wildman–Crippen LogP) is 1.43. The van der Waals surface area contributed by atoms with Gasteiger partial charge in [0.25, 0.3) is 5.56 Å². The maximum atomic E-state index is 12.7. The summed E-state index contributed by atoms with van der Waals surface area (Å²) in [4.78, 5) is 46.6. The van der Waals surface area contributed by atoms with E-state index >= 15 is 0 Å². The molecule has 134 valence electrons. The first-order valence-corrected chi connectivity index (χ1v) is 8.67. The van der Waals surface area contributed by atoms with Crippen LogP contribution >= 0.6 is 0 Å². The standard InChI is InChI=1S/C18H19N5O3/c24-13-10-12(16(25)19-11-6-2-1-3-7-11)14-15(20-13)21-18(22-17(14)26)23-8-4-5-9-23/h1-3,6-7,12H,4-5,8-10H2,(H,19,25)(H2,20,21,22,24,26)/t12-/m0/s1. The summed E-state index contributed by atoms with van der Waals surface area (Å²) in [6.07, 6.45) is 1.99. The Labute approximate surface area is 149 Å². The molecule has 1 atom stereocenters. The van der Waals surface area contributed by atoms with Gasteiger partial charge in [-0.25, -0.2) is 0 Å². The second-order valence-corrected chi connectivity index (χ2v) is 6.51. The van der Waals surface area contributed by atoms with Gasteiger partial charge in [0.1, 0.15) is 5.82 Å². The third-order valence-electron chi connectivity index (χ3n) is 4.70. The zero-order valence-corrected chi connectivity index (χ0v) is 14.1. The van der Waals surface area contributed by atoms with Crippen LogP contribution in [-0.4, -0.2) is 34.9 Å². The number of nitrogens with zero attached hydrogens (tertiary/aromatic N) is 2. The molecular formula is C18H19N5O3. The Bertz CT molecular complexity index is 903. The van der Waals surface area contributed by atoms with Gasteiger partial charge in [-0.2, -0.15) is 4.98 Å². The fraction of sp³-hybridized carbons (Fsp3) is 0.333. The molecule has 0 radical (unpaired) electrons. The number of aromatic amines is 1. The number of nitrogens with one attached hydrogen (secondary N) is 3. The van der Waals surface area contributed by atoms with E-state index in [1.54, 1.807) is 24.3 Å². The van der Waals surface area contributed by atoms with Gasteiger partial charge in [-0.3, -0.25) is 19.4 Å². The second kappa shape index (κ2) is 6.62. The minimum absolute atomic E-state index is 0.0838. The average molecular weight is 353 g/mol. The molecule has 8 heteroatoms. The van der Waals surface area contributed by atoms with Crippen LogP contribution in [0.15, 0.2) is 35.1 Å². The van der Waals surface area contributed by atoms with Gasteiger partial charge in [-0.05, 0) is 25.0 Å². The molecule has 2 aliphatic heterocycles. The third-order valence-corrected chi connectivity index (χ3v) is 4.70. The van der Waals surface area contributed by atoms with Gasteiger partial charge in [-0.15, -0.1) is 0 Å². The summed E-state index contributed by atoms with van der Waals surface area (Å²) in [5, 5.41) is 5.40. The molecule has 1 saturated heterocycles. The lowest BCUT2D eigenvalue weighted by molar-refractivity contribution is -0.123. The molecule has 0 bridgehead atoms. The molecular weight excluding hydrogens is 334 g/mol. The number of carbonyl (C=O) groups is 2. The maximum absolute atomic E-state index is 12.7. The number of carbonyl (C=O) groups excluding carboxylic acids is 2. The molecule has 3 heterocycles. The molecule has 26 heavy (non-hydrogen) atoms. The van der Waals surface area contributed by atoms with Crippen LogP contribution in [0.4, 0.5) is 17.5 Å². The van der Waals surface area contributed by atoms with Gasteiger partial charge >= 0.3 is 0 Å². The Balaban J connectivity index is 1.67. The number of fused-ring (bicyclic) bond motifs is 1. The number of hydrogen-bond donors (Lipinski definition) is 3. The Morgan fingerprint density at radius 3 is 2.62 bits per heavy atom. The third kappa shape index (κ3) is 3.05. The Hall–Kier alpha value is -3.16. The van der Waals surface area contributed by atoms with Crippen molar-refractivity contribution in [2.75, 3.05) is 28.6 Å². The molecule has 0 spiro atoms. The Kier molecular flexibility index (Phi) is 4.16. The summed E-state index contributed by atoms with van der Waals surface area (Å²) in [6.45, 7) is 1.63. The van der Waals surface area contributed by atoms with Gasteiger partial charge in [0.2, 0.25) is 17.8 Å². The first kappa shape index (κ1) is 16.3. The highest BCUT2D eigenvalue weighted by Gasteiger charge is 2.35. The van der Waals surface area contributed by atoms with E-state index < -0.39 is 11.8 Å². The van der Waals surface area contributed by atoms with Crippen molar-refractivity contribution in [1.82, 2.24) is 9.97 Å². The molecule has 8 nitrogen and oxygen atoms in total. The van der Waals surface area contributed by atoms with E-state index in [1.165, 1.54) is 0 Å². The van der Waals surface area contributed by atoms with Crippen molar-refractivity contribution < 1.29 is 9.59 Å². The van der Waals surface area contributed by atoms with Gasteiger partial charge in [0, 0.05) is 25.2 Å². The lowest BCUT2D eigenvalue weighted by atomic mass is 9.92. The van der Waals surface area contributed by atoms with Crippen molar-refractivity contribution in [2.24, 2.45) is 0 Å². The van der Waals surface area contributed by atoms with E-state index in [1.807, 2.05) is 11.0 Å². The number of aromatic nitrogens is 2. The molecule has 0 unspecified atom stereocenters. The summed E-state index contributed by atoms with van der Waals surface area (Å²) in [6, 6.07) is 8.94. The molecule has 2 amide bonds. The second-order valence-electron chi connectivity index (χ2n) is 6.51. The lowest BCUT2D eigenvalue weighted by Gasteiger charge is -2.25. The van der Waals surface area contributed by atoms with Crippen LogP contribution in [0.3, 0.4) is 0 Å². The number of H-pyrrole nitrogens is 1. The highest BCUT2D eigenvalue weighted by molar-refractivity contribution is 6.04. The van der Waals surface area contributed by atoms with E-state index in [0.717, 1.165) is 25.9 Å². The zero-order chi connectivity index (χ0) is 18.1. The monoisotopic (exact) mass is 353 g/mol. The van der Waals surface area contributed by atoms with E-state index in [4.69, 9.17) is 0 Å². The number of benzene rings is 1. The van der Waals surface area contributed by atoms with Crippen molar-refractivity contribution in [3.05, 3.63) is 46.2 Å². The molecule has 0 aliphatic carbocycles. The van der Waals surface area contributed by atoms with Crippen molar-refractivity contribution in [3.63, 3.8) is 0 Å². The molecule has 1 aromatic carbocycles. The summed E-state index contributed by atoms with van der Waals surface area (Å²) in [7, 11) is 0. The molecule has 0 saturated carbocycles. The van der Waals surface area contributed by atoms with Crippen LogP contribution in [0.5, 0.6) is 0 Å². The number of rotatable bonds is 3. The number of hydrogen-bond acceptors (Lipinski definition) is 5. The minimum atomic E-state index is -0.872. The average Bonchev–Trinajstić information content (AvgIpc) is 3.16. The largest absolute Gasteiger partial charge is 0.342 e. The van der Waals surface area contributed by atoms with Gasteiger partial charge in [0.15, 0.2) is 0 Å². The minimum Gasteiger partial charge on any atom is -0.342 e. The Morgan fingerprint density at radius 2 is 1.88 bits per heavy atom. The van der Waals surface area contributed by atoms with Crippen molar-refractivity contribution >= 4 is 29.3 Å². The lowest BCUT2D eigenvalue weighted by Crippen LogP contribution is -2.37. The summed E-state index contributed by atoms with van der Waals surface area (Å²) in [5.74, 6) is -0.969. The van der Waals surface area contributed by atoms with E-state index in [-0.39, 0.29) is 29.3 Å². The highest BCUT2D eigenvalue weighted by Crippen LogP contribution is 2.30. The maximum Gasteiger partial charge on any atom is 0.258 e. The van der Waals surface area contributed by atoms with Crippen LogP contribution in [0.1, 0.15) is 30.7 Å². The van der Waals surface area contributed by atoms with Crippen LogP contribution in [0.2, 0.25) is 0 Å². The molecule has 2 aromatic rings. The number of anilines is 3. The van der Waals surface area contributed by atoms with Gasteiger partial charge in [-0.1, -0.05) is 18.2 Å². The van der Waals surface area contributed by atoms with Crippen molar-refractivity contribution in [2.45, 2.75) is 25.2 Å². The molecule has 1 aromatic heterocycles. The normalized spacial score (nSPS) is 19.0. The highest BCUT2D eigenvalue weighted by atomic mass is 16.2. The van der Waals surface area contributed by atoms with Crippen molar-refractivity contribution in [1.29, 1.82) is 0 Å². The first-order chi connectivity index (χ1) is 12.6. The smallest absolute Gasteiger partial charge is 0.258 e. The molecule has 2 aliphatic rings. The van der Waals surface area contributed by atoms with Crippen LogP contribution in [0.25, 0.3) is 0 Å². The molecule has 3 N–H and O–H groups in total. The predicted molar refractivity (Wildman–Crippen MR) is 97.4 cm³/mol. The SMILES string of the molecule is O=C1C[C@H](C(=O)Nc2ccccc2)c2c(nc(N3CCCC3)[nH]c2=O)N1. The number of amides is 2. The van der Waals surface area contributed by atoms with Gasteiger partial charge < -0.3 is 15.5 Å². The summed E-state index contributed by atoms with van der Waals surface area (Å²) >= 11 is 0. The van der Waals surface area contributed by atoms with E-state index in [9.17, 15) is 14.4 Å². The first-order valence-electron chi connectivity index (χ1n) is 8.67. The molecule has 1 fully saturated rings.